The topological polar surface area (TPSA) is 210 Å². The van der Waals surface area contributed by atoms with Crippen molar-refractivity contribution in [1.82, 2.24) is 26.8 Å². The van der Waals surface area contributed by atoms with Gasteiger partial charge < -0.3 is 11.3 Å². The highest BCUT2D eigenvalue weighted by Crippen LogP contribution is 2.16. The van der Waals surface area contributed by atoms with E-state index in [1.807, 2.05) is 4.98 Å². The van der Waals surface area contributed by atoms with Crippen molar-refractivity contribution in [3.8, 4) is 5.88 Å². The lowest BCUT2D eigenvalue weighted by molar-refractivity contribution is -0.119. The van der Waals surface area contributed by atoms with Crippen LogP contribution in [0.3, 0.4) is 0 Å². The Bertz CT molecular complexity index is 721. The molecule has 0 atom stereocenters. The van der Waals surface area contributed by atoms with Crippen molar-refractivity contribution in [3.63, 3.8) is 0 Å². The number of amides is 4. The first kappa shape index (κ1) is 14.8. The Hall–Kier alpha value is -3.28. The summed E-state index contributed by atoms with van der Waals surface area (Å²) in [5, 5.41) is 12.8. The Morgan fingerprint density at radius 2 is 1.45 bits per heavy atom. The fourth-order valence-corrected chi connectivity index (χ4v) is 1.24. The normalized spacial score (nSPS) is 14.2. The van der Waals surface area contributed by atoms with E-state index >= 15 is 0 Å². The summed E-state index contributed by atoms with van der Waals surface area (Å²) in [5.74, 6) is -3.20. The van der Waals surface area contributed by atoms with Gasteiger partial charge in [-0.25, -0.2) is 14.6 Å². The van der Waals surface area contributed by atoms with Crippen molar-refractivity contribution in [1.29, 1.82) is 0 Å². The molecule has 1 fully saturated rings. The molecule has 0 aromatic carbocycles. The highest BCUT2D eigenvalue weighted by molar-refractivity contribution is 6.69. The Kier molecular flexibility index (Phi) is 3.81. The molecule has 12 heteroatoms. The number of quaternary nitrogens is 1. The van der Waals surface area contributed by atoms with E-state index < -0.39 is 46.4 Å². The van der Waals surface area contributed by atoms with Gasteiger partial charge in [-0.1, -0.05) is 0 Å². The van der Waals surface area contributed by atoms with Crippen LogP contribution in [0.4, 0.5) is 10.5 Å². The van der Waals surface area contributed by atoms with E-state index in [1.165, 1.54) is 0 Å². The maximum absolute atomic E-state index is 11.3. The number of aromatic hydroxyl groups is 1. The second kappa shape index (κ2) is 5.15. The smallest absolute Gasteiger partial charge is 0.328 e. The quantitative estimate of drug-likeness (QED) is 0.330. The van der Waals surface area contributed by atoms with Crippen LogP contribution in [-0.2, 0) is 9.59 Å². The molecule has 0 spiro atoms. The number of aromatic amines is 2. The minimum absolute atomic E-state index is 0. The zero-order chi connectivity index (χ0) is 14.2. The molecule has 1 aliphatic rings. The van der Waals surface area contributed by atoms with E-state index in [0.717, 1.165) is 0 Å². The number of carbonyl (C=O) groups is 3. The molecule has 2 heterocycles. The number of hydrogen-bond donors (Lipinski definition) is 6. The number of urea groups is 1. The van der Waals surface area contributed by atoms with Crippen molar-refractivity contribution >= 4 is 29.2 Å². The summed E-state index contributed by atoms with van der Waals surface area (Å²) in [4.78, 5) is 62.4. The zero-order valence-corrected chi connectivity index (χ0v) is 9.94. The Labute approximate surface area is 108 Å². The summed E-state index contributed by atoms with van der Waals surface area (Å²) < 4.78 is 0. The van der Waals surface area contributed by atoms with Gasteiger partial charge in [-0.3, -0.25) is 35.0 Å². The van der Waals surface area contributed by atoms with Gasteiger partial charge >= 0.3 is 11.7 Å². The van der Waals surface area contributed by atoms with E-state index in [9.17, 15) is 29.1 Å². The number of rotatable bonds is 1. The molecule has 0 unspecified atom stereocenters. The van der Waals surface area contributed by atoms with Gasteiger partial charge in [0.1, 0.15) is 0 Å². The van der Waals surface area contributed by atoms with E-state index in [4.69, 9.17) is 0 Å². The first-order valence-electron chi connectivity index (χ1n) is 4.69. The first-order valence-corrected chi connectivity index (χ1v) is 4.69. The third kappa shape index (κ3) is 2.59. The van der Waals surface area contributed by atoms with Crippen molar-refractivity contribution in [3.05, 3.63) is 20.8 Å². The lowest BCUT2D eigenvalue weighted by Gasteiger charge is -2.12. The molecule has 1 aromatic heterocycles. The van der Waals surface area contributed by atoms with Crippen LogP contribution >= 0.6 is 0 Å². The number of nitrogens with one attached hydrogen (secondary N) is 4. The summed E-state index contributed by atoms with van der Waals surface area (Å²) in [6.07, 6.45) is 0. The standard InChI is InChI=1S/C8H5N5O6.H3N/c14-3-1(4(15)11-7(18)10-3)9-2-5(16)12-8(19)13-6(2)17;/h(H2,10,11,14,15,18)(H3,12,13,16,17,19);1H3/p+1. The minimum atomic E-state index is -1.14. The fourth-order valence-electron chi connectivity index (χ4n) is 1.24. The van der Waals surface area contributed by atoms with Crippen LogP contribution < -0.4 is 28.0 Å². The van der Waals surface area contributed by atoms with Crippen molar-refractivity contribution in [2.75, 3.05) is 0 Å². The third-order valence-corrected chi connectivity index (χ3v) is 2.01. The Morgan fingerprint density at radius 1 is 0.900 bits per heavy atom. The lowest BCUT2D eigenvalue weighted by Crippen LogP contribution is -2.56. The maximum Gasteiger partial charge on any atom is 0.328 e. The van der Waals surface area contributed by atoms with Gasteiger partial charge in [-0.2, -0.15) is 0 Å². The number of aliphatic imine (C=N–C) groups is 1. The zero-order valence-electron chi connectivity index (χ0n) is 9.94. The largest absolute Gasteiger partial charge is 0.493 e. The van der Waals surface area contributed by atoms with Crippen molar-refractivity contribution in [2.45, 2.75) is 0 Å². The number of nitrogens with zero attached hydrogens (tertiary/aromatic N) is 1. The van der Waals surface area contributed by atoms with Crippen LogP contribution in [0.15, 0.2) is 14.6 Å². The predicted molar refractivity (Wildman–Crippen MR) is 64.1 cm³/mol. The molecule has 1 aliphatic heterocycles. The molecular formula is C8H9N6O6+. The molecular weight excluding hydrogens is 276 g/mol. The Morgan fingerprint density at radius 3 is 1.95 bits per heavy atom. The number of aromatic nitrogens is 2. The number of imide groups is 2. The molecule has 4 amide bonds. The molecule has 12 nitrogen and oxygen atoms in total. The summed E-state index contributed by atoms with van der Waals surface area (Å²) in [6, 6.07) is -1.03. The molecule has 1 saturated heterocycles. The molecule has 1 aromatic rings. The molecule has 0 bridgehead atoms. The summed E-state index contributed by atoms with van der Waals surface area (Å²) in [7, 11) is 0. The van der Waals surface area contributed by atoms with Gasteiger partial charge in [0.05, 0.1) is 0 Å². The lowest BCUT2D eigenvalue weighted by atomic mass is 10.3. The van der Waals surface area contributed by atoms with Gasteiger partial charge in [0.25, 0.3) is 17.4 Å². The summed E-state index contributed by atoms with van der Waals surface area (Å²) in [6.45, 7) is 0. The predicted octanol–water partition coefficient (Wildman–Crippen LogP) is -2.42. The molecule has 0 radical (unpaired) electrons. The first-order chi connectivity index (χ1) is 8.88. The van der Waals surface area contributed by atoms with Crippen LogP contribution in [0.25, 0.3) is 0 Å². The third-order valence-electron chi connectivity index (χ3n) is 2.01. The van der Waals surface area contributed by atoms with Gasteiger partial charge in [-0.05, 0) is 0 Å². The average Bonchev–Trinajstić information content (AvgIpc) is 2.25. The second-order valence-electron chi connectivity index (χ2n) is 3.30. The monoisotopic (exact) mass is 285 g/mol. The van der Waals surface area contributed by atoms with E-state index in [0.29, 0.717) is 0 Å². The Balaban J connectivity index is 0.00000200. The maximum atomic E-state index is 11.3. The fraction of sp³-hybridized carbons (Fsp3) is 0. The molecule has 2 rings (SSSR count). The molecule has 9 N–H and O–H groups in total. The minimum Gasteiger partial charge on any atom is -0.493 e. The average molecular weight is 285 g/mol. The number of hydrogen-bond acceptors (Lipinski definition) is 7. The van der Waals surface area contributed by atoms with Crippen LogP contribution in [0.2, 0.25) is 0 Å². The highest BCUT2D eigenvalue weighted by Gasteiger charge is 2.30. The van der Waals surface area contributed by atoms with Crippen molar-refractivity contribution in [2.24, 2.45) is 4.99 Å². The highest BCUT2D eigenvalue weighted by atomic mass is 16.3. The van der Waals surface area contributed by atoms with Crippen molar-refractivity contribution < 1.29 is 19.5 Å². The summed E-state index contributed by atoms with van der Waals surface area (Å²) >= 11 is 0. The van der Waals surface area contributed by atoms with E-state index in [2.05, 4.69) is 4.99 Å². The van der Waals surface area contributed by atoms with E-state index in [-0.39, 0.29) is 6.15 Å². The van der Waals surface area contributed by atoms with Gasteiger partial charge in [-0.15, -0.1) is 0 Å². The van der Waals surface area contributed by atoms with Crippen LogP contribution in [0.5, 0.6) is 5.88 Å². The molecule has 106 valence electrons. The van der Waals surface area contributed by atoms with Gasteiger partial charge in [0.15, 0.2) is 11.4 Å². The van der Waals surface area contributed by atoms with Crippen LogP contribution in [0, 0.1) is 0 Å². The number of barbiturate groups is 1. The van der Waals surface area contributed by atoms with Crippen LogP contribution in [0.1, 0.15) is 0 Å². The number of H-pyrrole nitrogens is 2. The SMILES string of the molecule is O=C1NC(=O)C(=Nc2c(O)[nH]c(=O)[nH]c2=O)C(=O)N1.[NH4+]. The summed E-state index contributed by atoms with van der Waals surface area (Å²) in [5.41, 5.74) is -3.65. The molecule has 0 aliphatic carbocycles. The molecule has 0 saturated carbocycles. The van der Waals surface area contributed by atoms with Gasteiger partial charge in [0.2, 0.25) is 5.88 Å². The van der Waals surface area contributed by atoms with E-state index in [1.54, 1.807) is 15.6 Å². The molecule has 20 heavy (non-hydrogen) atoms. The van der Waals surface area contributed by atoms with Gasteiger partial charge in [0, 0.05) is 0 Å². The number of carbonyl (C=O) groups excluding carboxylic acids is 3. The van der Waals surface area contributed by atoms with Crippen LogP contribution in [-0.4, -0.2) is 38.6 Å². The second-order valence-corrected chi connectivity index (χ2v) is 3.30.